The average molecular weight is 189 g/mol. The van der Waals surface area contributed by atoms with Crippen LogP contribution in [-0.2, 0) is 4.79 Å². The van der Waals surface area contributed by atoms with Gasteiger partial charge in [0.1, 0.15) is 18.3 Å². The van der Waals surface area contributed by atoms with Crippen LogP contribution in [0.2, 0.25) is 0 Å². The fraction of sp³-hybridized carbons (Fsp3) is 0.714. The Morgan fingerprint density at radius 3 is 2.15 bits per heavy atom. The average Bonchev–Trinajstić information content (AvgIpc) is 2.14. The van der Waals surface area contributed by atoms with Crippen LogP contribution in [0.25, 0.3) is 0 Å². The van der Waals surface area contributed by atoms with Crippen LogP contribution in [0.15, 0.2) is 0 Å². The van der Waals surface area contributed by atoms with Crippen LogP contribution >= 0.6 is 0 Å². The lowest BCUT2D eigenvalue weighted by molar-refractivity contribution is -0.133. The number of hydrogen-bond donors (Lipinski definition) is 4. The molecule has 0 amide bonds. The minimum Gasteiger partial charge on any atom is -0.389 e. The fourth-order valence-corrected chi connectivity index (χ4v) is 0.724. The van der Waals surface area contributed by atoms with E-state index in [0.29, 0.717) is 0 Å². The quantitative estimate of drug-likeness (QED) is 0.356. The Bertz CT molecular complexity index is 202. The van der Waals surface area contributed by atoms with E-state index >= 15 is 0 Å². The summed E-state index contributed by atoms with van der Waals surface area (Å²) in [4.78, 5) is 9.96. The van der Waals surface area contributed by atoms with E-state index in [1.54, 1.807) is 6.07 Å². The molecule has 0 saturated carbocycles. The molecule has 0 spiro atoms. The molecular formula is C7H11NO5. The van der Waals surface area contributed by atoms with E-state index in [9.17, 15) is 4.79 Å². The van der Waals surface area contributed by atoms with Crippen LogP contribution < -0.4 is 0 Å². The number of carbonyl (C=O) groups is 1. The summed E-state index contributed by atoms with van der Waals surface area (Å²) < 4.78 is 0. The van der Waals surface area contributed by atoms with Gasteiger partial charge in [0.2, 0.25) is 0 Å². The second-order valence-corrected chi connectivity index (χ2v) is 2.54. The van der Waals surface area contributed by atoms with E-state index in [1.807, 2.05) is 0 Å². The lowest BCUT2D eigenvalue weighted by Crippen LogP contribution is -2.44. The molecule has 6 heteroatoms. The number of carbonyl (C=O) groups excluding carboxylic acids is 1. The summed E-state index contributed by atoms with van der Waals surface area (Å²) in [5, 5.41) is 43.9. The minimum absolute atomic E-state index is 0.0347. The predicted molar refractivity (Wildman–Crippen MR) is 40.3 cm³/mol. The second kappa shape index (κ2) is 5.61. The van der Waals surface area contributed by atoms with Gasteiger partial charge in [-0.15, -0.1) is 0 Å². The first kappa shape index (κ1) is 12.0. The number of nitrogens with zero attached hydrogens (tertiary/aromatic N) is 1. The topological polar surface area (TPSA) is 122 Å². The minimum atomic E-state index is -1.78. The van der Waals surface area contributed by atoms with Gasteiger partial charge >= 0.3 is 0 Å². The molecule has 13 heavy (non-hydrogen) atoms. The zero-order valence-corrected chi connectivity index (χ0v) is 6.74. The molecule has 0 aliphatic heterocycles. The van der Waals surface area contributed by atoms with Gasteiger partial charge in [-0.1, -0.05) is 0 Å². The van der Waals surface area contributed by atoms with Crippen molar-refractivity contribution < 1.29 is 25.2 Å². The van der Waals surface area contributed by atoms with Gasteiger partial charge in [0.15, 0.2) is 6.29 Å². The molecule has 0 aromatic rings. The van der Waals surface area contributed by atoms with Gasteiger partial charge in [-0.3, -0.25) is 0 Å². The number of hydrogen-bond acceptors (Lipinski definition) is 6. The summed E-state index contributed by atoms with van der Waals surface area (Å²) in [7, 11) is 0. The zero-order chi connectivity index (χ0) is 10.4. The molecule has 0 fully saturated rings. The standard InChI is InChI=1S/C7H11NO5/c8-2-1-4(10)6(12)7(13)5(11)3-9/h3-7,10-13H,1H2/t4-,5+,6+,7-/m1/s1. The molecule has 4 N–H and O–H groups in total. The van der Waals surface area contributed by atoms with Gasteiger partial charge in [0.05, 0.1) is 18.6 Å². The Morgan fingerprint density at radius 1 is 1.23 bits per heavy atom. The van der Waals surface area contributed by atoms with Crippen molar-refractivity contribution >= 4 is 6.29 Å². The van der Waals surface area contributed by atoms with Gasteiger partial charge in [-0.2, -0.15) is 5.26 Å². The Labute approximate surface area is 74.7 Å². The van der Waals surface area contributed by atoms with Crippen molar-refractivity contribution in [2.75, 3.05) is 0 Å². The summed E-state index contributed by atoms with van der Waals surface area (Å²) in [6.07, 6.45) is -7.07. The number of aliphatic hydroxyl groups is 4. The van der Waals surface area contributed by atoms with Crippen molar-refractivity contribution in [3.8, 4) is 6.07 Å². The molecule has 0 aliphatic carbocycles. The van der Waals surface area contributed by atoms with E-state index in [0.717, 1.165) is 0 Å². The van der Waals surface area contributed by atoms with Crippen LogP contribution in [0.1, 0.15) is 6.42 Å². The Hall–Kier alpha value is -1.00. The van der Waals surface area contributed by atoms with Crippen LogP contribution in [0.5, 0.6) is 0 Å². The largest absolute Gasteiger partial charge is 0.389 e. The molecule has 0 aliphatic rings. The van der Waals surface area contributed by atoms with E-state index in [4.69, 9.17) is 25.7 Å². The molecule has 0 heterocycles. The normalized spacial score (nSPS) is 19.6. The highest BCUT2D eigenvalue weighted by atomic mass is 16.4. The Balaban J connectivity index is 4.16. The first-order chi connectivity index (χ1) is 6.04. The molecule has 6 nitrogen and oxygen atoms in total. The highest BCUT2D eigenvalue weighted by Crippen LogP contribution is 2.06. The molecule has 0 bridgehead atoms. The van der Waals surface area contributed by atoms with Crippen LogP contribution in [0, 0.1) is 11.3 Å². The maximum atomic E-state index is 9.96. The van der Waals surface area contributed by atoms with E-state index < -0.39 is 24.4 Å². The van der Waals surface area contributed by atoms with Gasteiger partial charge in [0.25, 0.3) is 0 Å². The second-order valence-electron chi connectivity index (χ2n) is 2.54. The first-order valence-electron chi connectivity index (χ1n) is 3.59. The third kappa shape index (κ3) is 3.48. The molecule has 0 aromatic carbocycles. The van der Waals surface area contributed by atoms with Gasteiger partial charge in [-0.25, -0.2) is 0 Å². The molecule has 0 saturated heterocycles. The van der Waals surface area contributed by atoms with Crippen LogP contribution in [0.3, 0.4) is 0 Å². The van der Waals surface area contributed by atoms with Crippen LogP contribution in [-0.4, -0.2) is 51.1 Å². The number of aliphatic hydroxyl groups excluding tert-OH is 4. The number of nitriles is 1. The number of rotatable bonds is 5. The lowest BCUT2D eigenvalue weighted by atomic mass is 10.0. The summed E-state index contributed by atoms with van der Waals surface area (Å²) >= 11 is 0. The van der Waals surface area contributed by atoms with Gasteiger partial charge in [0, 0.05) is 0 Å². The Kier molecular flexibility index (Phi) is 5.18. The summed E-state index contributed by atoms with van der Waals surface area (Å²) in [6.45, 7) is 0. The zero-order valence-electron chi connectivity index (χ0n) is 6.74. The summed E-state index contributed by atoms with van der Waals surface area (Å²) in [6, 6.07) is 1.57. The maximum absolute atomic E-state index is 9.96. The van der Waals surface area contributed by atoms with Gasteiger partial charge < -0.3 is 25.2 Å². The third-order valence-electron chi connectivity index (χ3n) is 1.53. The number of aldehydes is 1. The highest BCUT2D eigenvalue weighted by Gasteiger charge is 2.29. The fourth-order valence-electron chi connectivity index (χ4n) is 0.724. The molecule has 0 aromatic heterocycles. The van der Waals surface area contributed by atoms with Crippen molar-refractivity contribution in [2.45, 2.75) is 30.8 Å². The van der Waals surface area contributed by atoms with Crippen molar-refractivity contribution in [1.82, 2.24) is 0 Å². The van der Waals surface area contributed by atoms with E-state index in [1.165, 1.54) is 0 Å². The smallest absolute Gasteiger partial charge is 0.151 e. The van der Waals surface area contributed by atoms with Crippen molar-refractivity contribution in [1.29, 1.82) is 5.26 Å². The lowest BCUT2D eigenvalue weighted by Gasteiger charge is -2.22. The maximum Gasteiger partial charge on any atom is 0.151 e. The molecule has 74 valence electrons. The summed E-state index contributed by atoms with van der Waals surface area (Å²) in [5.41, 5.74) is 0. The van der Waals surface area contributed by atoms with Crippen molar-refractivity contribution in [3.05, 3.63) is 0 Å². The molecule has 0 radical (unpaired) electrons. The molecule has 0 rings (SSSR count). The predicted octanol–water partition coefficient (Wildman–Crippen LogP) is -2.46. The molecular weight excluding hydrogens is 178 g/mol. The highest BCUT2D eigenvalue weighted by molar-refractivity contribution is 5.56. The van der Waals surface area contributed by atoms with Gasteiger partial charge in [-0.05, 0) is 0 Å². The van der Waals surface area contributed by atoms with E-state index in [2.05, 4.69) is 0 Å². The first-order valence-corrected chi connectivity index (χ1v) is 3.59. The Morgan fingerprint density at radius 2 is 1.77 bits per heavy atom. The third-order valence-corrected chi connectivity index (χ3v) is 1.53. The SMILES string of the molecule is N#CC[C@@H](O)[C@H](O)[C@H](O)[C@@H](O)C=O. The summed E-state index contributed by atoms with van der Waals surface area (Å²) in [5.74, 6) is 0. The van der Waals surface area contributed by atoms with E-state index in [-0.39, 0.29) is 12.7 Å². The van der Waals surface area contributed by atoms with Crippen LogP contribution in [0.4, 0.5) is 0 Å². The monoisotopic (exact) mass is 189 g/mol. The molecule has 0 unspecified atom stereocenters. The van der Waals surface area contributed by atoms with Crippen molar-refractivity contribution in [2.24, 2.45) is 0 Å². The molecule has 4 atom stereocenters. The van der Waals surface area contributed by atoms with Crippen molar-refractivity contribution in [3.63, 3.8) is 0 Å².